The summed E-state index contributed by atoms with van der Waals surface area (Å²) in [4.78, 5) is 16.9. The molecular formula is C21H19N5OS2. The summed E-state index contributed by atoms with van der Waals surface area (Å²) in [6.45, 7) is 2.05. The number of thioether (sulfide) groups is 1. The summed E-state index contributed by atoms with van der Waals surface area (Å²) in [5.41, 5.74) is 4.09. The number of amides is 1. The first-order valence-corrected chi connectivity index (χ1v) is 10.9. The molecule has 0 atom stereocenters. The molecule has 4 aromatic rings. The fourth-order valence-corrected chi connectivity index (χ4v) is 4.20. The van der Waals surface area contributed by atoms with E-state index in [0.29, 0.717) is 10.3 Å². The molecule has 0 fully saturated rings. The summed E-state index contributed by atoms with van der Waals surface area (Å²) in [6, 6.07) is 18.0. The van der Waals surface area contributed by atoms with Gasteiger partial charge in [-0.2, -0.15) is 0 Å². The zero-order chi connectivity index (χ0) is 20.2. The van der Waals surface area contributed by atoms with E-state index in [-0.39, 0.29) is 11.7 Å². The molecule has 0 spiro atoms. The molecule has 2 heterocycles. The Kier molecular flexibility index (Phi) is 5.73. The molecular weight excluding hydrogens is 402 g/mol. The lowest BCUT2D eigenvalue weighted by Crippen LogP contribution is -2.14. The third kappa shape index (κ3) is 4.55. The number of hydrogen-bond donors (Lipinski definition) is 1. The largest absolute Gasteiger partial charge is 0.305 e. The van der Waals surface area contributed by atoms with E-state index in [9.17, 15) is 4.79 Å². The van der Waals surface area contributed by atoms with Crippen molar-refractivity contribution in [2.75, 3.05) is 11.1 Å². The average Bonchev–Trinajstić information content (AvgIpc) is 3.34. The molecule has 29 heavy (non-hydrogen) atoms. The highest BCUT2D eigenvalue weighted by Crippen LogP contribution is 2.26. The molecule has 0 saturated heterocycles. The number of hydrogen-bond acceptors (Lipinski definition) is 6. The number of carbonyl (C=O) groups excluding carboxylic acids is 1. The van der Waals surface area contributed by atoms with Gasteiger partial charge in [0.25, 0.3) is 0 Å². The normalized spacial score (nSPS) is 10.8. The third-order valence-corrected chi connectivity index (χ3v) is 6.08. The second-order valence-corrected chi connectivity index (χ2v) is 8.27. The summed E-state index contributed by atoms with van der Waals surface area (Å²) in [6.07, 6.45) is 0. The molecule has 0 bridgehead atoms. The molecule has 0 aliphatic carbocycles. The van der Waals surface area contributed by atoms with Crippen molar-refractivity contribution in [3.05, 3.63) is 65.5 Å². The molecule has 2 aromatic heterocycles. The Labute approximate surface area is 177 Å². The number of nitrogens with one attached hydrogen (secondary N) is 1. The van der Waals surface area contributed by atoms with Crippen molar-refractivity contribution in [2.45, 2.75) is 12.1 Å². The molecule has 146 valence electrons. The van der Waals surface area contributed by atoms with Crippen LogP contribution in [-0.2, 0) is 11.8 Å². The topological polar surface area (TPSA) is 72.7 Å². The van der Waals surface area contributed by atoms with Gasteiger partial charge in [-0.05, 0) is 6.92 Å². The lowest BCUT2D eigenvalue weighted by Gasteiger charge is -2.04. The predicted octanol–water partition coefficient (Wildman–Crippen LogP) is 4.64. The van der Waals surface area contributed by atoms with E-state index in [0.717, 1.165) is 22.6 Å². The number of aromatic nitrogens is 4. The van der Waals surface area contributed by atoms with Crippen molar-refractivity contribution >= 4 is 34.1 Å². The Hall–Kier alpha value is -2.97. The maximum absolute atomic E-state index is 12.3. The predicted molar refractivity (Wildman–Crippen MR) is 118 cm³/mol. The van der Waals surface area contributed by atoms with Gasteiger partial charge in [-0.1, -0.05) is 71.9 Å². The number of aryl methyl sites for hydroxylation is 1. The Morgan fingerprint density at radius 2 is 1.83 bits per heavy atom. The van der Waals surface area contributed by atoms with E-state index in [1.165, 1.54) is 28.7 Å². The maximum Gasteiger partial charge on any atom is 0.236 e. The molecule has 4 rings (SSSR count). The van der Waals surface area contributed by atoms with Gasteiger partial charge in [0.05, 0.1) is 11.4 Å². The van der Waals surface area contributed by atoms with Gasteiger partial charge in [0.2, 0.25) is 5.91 Å². The highest BCUT2D eigenvalue weighted by Gasteiger charge is 2.14. The van der Waals surface area contributed by atoms with Gasteiger partial charge in [-0.3, -0.25) is 4.79 Å². The van der Waals surface area contributed by atoms with Crippen LogP contribution in [0.2, 0.25) is 0 Å². The van der Waals surface area contributed by atoms with Crippen molar-refractivity contribution in [2.24, 2.45) is 7.05 Å². The van der Waals surface area contributed by atoms with Gasteiger partial charge in [0.1, 0.15) is 0 Å². The van der Waals surface area contributed by atoms with Crippen LogP contribution in [0, 0.1) is 6.92 Å². The molecule has 0 radical (unpaired) electrons. The first kappa shape index (κ1) is 19.4. The van der Waals surface area contributed by atoms with Crippen LogP contribution in [0.15, 0.2) is 65.1 Å². The van der Waals surface area contributed by atoms with Crippen LogP contribution >= 0.6 is 23.1 Å². The quantitative estimate of drug-likeness (QED) is 0.459. The van der Waals surface area contributed by atoms with Crippen LogP contribution in [0.1, 0.15) is 5.56 Å². The smallest absolute Gasteiger partial charge is 0.236 e. The summed E-state index contributed by atoms with van der Waals surface area (Å²) in [5, 5.41) is 14.5. The minimum atomic E-state index is -0.121. The summed E-state index contributed by atoms with van der Waals surface area (Å²) >= 11 is 2.77. The molecule has 6 nitrogen and oxygen atoms in total. The van der Waals surface area contributed by atoms with Crippen molar-refractivity contribution in [3.8, 4) is 22.6 Å². The zero-order valence-corrected chi connectivity index (χ0v) is 17.6. The fraction of sp³-hybridized carbons (Fsp3) is 0.143. The molecule has 8 heteroatoms. The second-order valence-electron chi connectivity index (χ2n) is 6.47. The highest BCUT2D eigenvalue weighted by atomic mass is 32.2. The zero-order valence-electron chi connectivity index (χ0n) is 16.0. The Morgan fingerprint density at radius 1 is 1.07 bits per heavy atom. The molecule has 2 aromatic carbocycles. The molecule has 0 aliphatic rings. The van der Waals surface area contributed by atoms with Gasteiger partial charge < -0.3 is 9.88 Å². The van der Waals surface area contributed by atoms with Crippen LogP contribution in [0.3, 0.4) is 0 Å². The number of carbonyl (C=O) groups is 1. The first-order valence-electron chi connectivity index (χ1n) is 9.00. The van der Waals surface area contributed by atoms with E-state index in [1.54, 1.807) is 0 Å². The first-order chi connectivity index (χ1) is 14.1. The van der Waals surface area contributed by atoms with Crippen LogP contribution in [-0.4, -0.2) is 31.4 Å². The number of nitrogens with zero attached hydrogens (tertiary/aromatic N) is 4. The van der Waals surface area contributed by atoms with Crippen molar-refractivity contribution < 1.29 is 4.79 Å². The number of rotatable bonds is 6. The molecule has 0 unspecified atom stereocenters. The Balaban J connectivity index is 1.36. The van der Waals surface area contributed by atoms with Crippen molar-refractivity contribution in [3.63, 3.8) is 0 Å². The summed E-state index contributed by atoms with van der Waals surface area (Å²) in [5.74, 6) is 0.889. The van der Waals surface area contributed by atoms with Gasteiger partial charge >= 0.3 is 0 Å². The van der Waals surface area contributed by atoms with Gasteiger partial charge in [0.15, 0.2) is 16.1 Å². The Morgan fingerprint density at radius 3 is 2.59 bits per heavy atom. The maximum atomic E-state index is 12.3. The van der Waals surface area contributed by atoms with E-state index in [1.807, 2.05) is 78.5 Å². The highest BCUT2D eigenvalue weighted by molar-refractivity contribution is 7.99. The van der Waals surface area contributed by atoms with Crippen molar-refractivity contribution in [1.82, 2.24) is 19.7 Å². The molecule has 1 amide bonds. The average molecular weight is 422 g/mol. The summed E-state index contributed by atoms with van der Waals surface area (Å²) in [7, 11) is 1.90. The van der Waals surface area contributed by atoms with E-state index in [4.69, 9.17) is 0 Å². The van der Waals surface area contributed by atoms with Crippen LogP contribution in [0.5, 0.6) is 0 Å². The number of thiazole rings is 1. The van der Waals surface area contributed by atoms with Crippen molar-refractivity contribution in [1.29, 1.82) is 0 Å². The summed E-state index contributed by atoms with van der Waals surface area (Å²) < 4.78 is 1.90. The van der Waals surface area contributed by atoms with Crippen LogP contribution < -0.4 is 5.32 Å². The SMILES string of the molecule is Cc1ccc(-c2csc(NC(=O)CSc3nnc(-c4ccccc4)n3C)n2)cc1. The van der Waals surface area contributed by atoms with Gasteiger partial charge in [0, 0.05) is 23.6 Å². The minimum Gasteiger partial charge on any atom is -0.305 e. The second kappa shape index (κ2) is 8.59. The van der Waals surface area contributed by atoms with Crippen LogP contribution in [0.25, 0.3) is 22.6 Å². The lowest BCUT2D eigenvalue weighted by molar-refractivity contribution is -0.113. The van der Waals surface area contributed by atoms with Gasteiger partial charge in [-0.25, -0.2) is 4.98 Å². The number of anilines is 1. The Bertz CT molecular complexity index is 1120. The van der Waals surface area contributed by atoms with E-state index < -0.39 is 0 Å². The lowest BCUT2D eigenvalue weighted by atomic mass is 10.1. The minimum absolute atomic E-state index is 0.121. The van der Waals surface area contributed by atoms with E-state index >= 15 is 0 Å². The van der Waals surface area contributed by atoms with E-state index in [2.05, 4.69) is 20.5 Å². The molecule has 1 N–H and O–H groups in total. The number of benzene rings is 2. The third-order valence-electron chi connectivity index (χ3n) is 4.30. The van der Waals surface area contributed by atoms with Gasteiger partial charge in [-0.15, -0.1) is 21.5 Å². The fourth-order valence-electron chi connectivity index (χ4n) is 2.75. The molecule has 0 aliphatic heterocycles. The molecule has 0 saturated carbocycles. The standard InChI is InChI=1S/C21H19N5OS2/c1-14-8-10-15(11-9-14)17-12-28-20(22-17)23-18(27)13-29-21-25-24-19(26(21)2)16-6-4-3-5-7-16/h3-12H,13H2,1-2H3,(H,22,23,27). The van der Waals surface area contributed by atoms with Crippen LogP contribution in [0.4, 0.5) is 5.13 Å². The monoisotopic (exact) mass is 421 g/mol.